The fraction of sp³-hybridized carbons (Fsp3) is 0.167. The Morgan fingerprint density at radius 1 is 1.41 bits per heavy atom. The molecule has 0 saturated carbocycles. The molecule has 2 aromatic rings. The molecule has 17 heavy (non-hydrogen) atoms. The molecule has 3 N–H and O–H groups in total. The third-order valence-corrected chi connectivity index (χ3v) is 2.52. The van der Waals surface area contributed by atoms with Crippen LogP contribution >= 0.6 is 12.2 Å². The topological polar surface area (TPSA) is 64.1 Å². The van der Waals surface area contributed by atoms with Crippen molar-refractivity contribution in [2.45, 2.75) is 13.5 Å². The van der Waals surface area contributed by atoms with Crippen LogP contribution in [-0.2, 0) is 6.54 Å². The summed E-state index contributed by atoms with van der Waals surface area (Å²) in [5, 5.41) is 3.20. The standard InChI is InChI=1S/C12H13N3OS/c1-8-6-15-11(16-8)7-14-10-4-2-9(3-5-10)12(13)17/h2-6,14H,7H2,1H3,(H2,13,17). The minimum Gasteiger partial charge on any atom is -0.444 e. The fourth-order valence-corrected chi connectivity index (χ4v) is 1.55. The molecular weight excluding hydrogens is 234 g/mol. The van der Waals surface area contributed by atoms with E-state index < -0.39 is 0 Å². The summed E-state index contributed by atoms with van der Waals surface area (Å²) in [6.07, 6.45) is 1.70. The van der Waals surface area contributed by atoms with E-state index in [0.717, 1.165) is 17.0 Å². The predicted molar refractivity (Wildman–Crippen MR) is 70.9 cm³/mol. The lowest BCUT2D eigenvalue weighted by Gasteiger charge is -2.04. The molecule has 1 heterocycles. The number of hydrogen-bond acceptors (Lipinski definition) is 4. The number of hydrogen-bond donors (Lipinski definition) is 2. The van der Waals surface area contributed by atoms with Crippen LogP contribution in [-0.4, -0.2) is 9.97 Å². The molecule has 0 saturated heterocycles. The second-order valence-electron chi connectivity index (χ2n) is 3.66. The summed E-state index contributed by atoms with van der Waals surface area (Å²) >= 11 is 4.88. The highest BCUT2D eigenvalue weighted by molar-refractivity contribution is 7.80. The number of nitrogens with one attached hydrogen (secondary N) is 1. The number of aromatic nitrogens is 1. The summed E-state index contributed by atoms with van der Waals surface area (Å²) in [4.78, 5) is 4.51. The van der Waals surface area contributed by atoms with E-state index in [1.807, 2.05) is 31.2 Å². The largest absolute Gasteiger partial charge is 0.444 e. The van der Waals surface area contributed by atoms with E-state index in [4.69, 9.17) is 22.4 Å². The average molecular weight is 247 g/mol. The van der Waals surface area contributed by atoms with Crippen LogP contribution < -0.4 is 11.1 Å². The fourth-order valence-electron chi connectivity index (χ4n) is 1.41. The van der Waals surface area contributed by atoms with Crippen molar-refractivity contribution in [3.63, 3.8) is 0 Å². The van der Waals surface area contributed by atoms with Gasteiger partial charge in [0.1, 0.15) is 10.7 Å². The van der Waals surface area contributed by atoms with Crippen molar-refractivity contribution in [1.29, 1.82) is 0 Å². The first-order valence-electron chi connectivity index (χ1n) is 5.20. The Hall–Kier alpha value is -1.88. The number of oxazole rings is 1. The van der Waals surface area contributed by atoms with E-state index >= 15 is 0 Å². The highest BCUT2D eigenvalue weighted by Crippen LogP contribution is 2.11. The number of rotatable bonds is 4. The molecule has 0 atom stereocenters. The maximum atomic E-state index is 5.52. The van der Waals surface area contributed by atoms with Crippen molar-refractivity contribution >= 4 is 22.9 Å². The van der Waals surface area contributed by atoms with Gasteiger partial charge >= 0.3 is 0 Å². The van der Waals surface area contributed by atoms with Gasteiger partial charge in [-0.15, -0.1) is 0 Å². The van der Waals surface area contributed by atoms with Gasteiger partial charge in [0.05, 0.1) is 12.7 Å². The Balaban J connectivity index is 1.97. The highest BCUT2D eigenvalue weighted by Gasteiger charge is 2.00. The van der Waals surface area contributed by atoms with Gasteiger partial charge in [-0.1, -0.05) is 12.2 Å². The molecule has 88 valence electrons. The lowest BCUT2D eigenvalue weighted by Crippen LogP contribution is -2.09. The minimum absolute atomic E-state index is 0.403. The van der Waals surface area contributed by atoms with Crippen LogP contribution in [0.25, 0.3) is 0 Å². The molecule has 0 bridgehead atoms. The molecule has 0 aliphatic heterocycles. The average Bonchev–Trinajstić information content (AvgIpc) is 2.73. The van der Waals surface area contributed by atoms with Crippen LogP contribution in [0.4, 0.5) is 5.69 Å². The van der Waals surface area contributed by atoms with Gasteiger partial charge in [0, 0.05) is 11.3 Å². The van der Waals surface area contributed by atoms with E-state index in [0.29, 0.717) is 17.4 Å². The molecule has 0 unspecified atom stereocenters. The third-order valence-electron chi connectivity index (χ3n) is 2.28. The zero-order valence-corrected chi connectivity index (χ0v) is 10.3. The van der Waals surface area contributed by atoms with Crippen LogP contribution in [0, 0.1) is 6.92 Å². The maximum absolute atomic E-state index is 5.52. The monoisotopic (exact) mass is 247 g/mol. The van der Waals surface area contributed by atoms with E-state index in [-0.39, 0.29) is 0 Å². The van der Waals surface area contributed by atoms with Crippen molar-refractivity contribution in [2.24, 2.45) is 5.73 Å². The smallest absolute Gasteiger partial charge is 0.213 e. The van der Waals surface area contributed by atoms with E-state index in [2.05, 4.69) is 10.3 Å². The van der Waals surface area contributed by atoms with E-state index in [9.17, 15) is 0 Å². The molecule has 4 nitrogen and oxygen atoms in total. The third kappa shape index (κ3) is 3.04. The molecule has 1 aromatic carbocycles. The van der Waals surface area contributed by atoms with Crippen LogP contribution in [0.1, 0.15) is 17.2 Å². The van der Waals surface area contributed by atoms with Crippen molar-refractivity contribution in [3.8, 4) is 0 Å². The second kappa shape index (κ2) is 4.97. The first-order valence-corrected chi connectivity index (χ1v) is 5.61. The Labute approximate surface area is 105 Å². The summed E-state index contributed by atoms with van der Waals surface area (Å²) in [5.74, 6) is 1.48. The summed E-state index contributed by atoms with van der Waals surface area (Å²) < 4.78 is 5.35. The van der Waals surface area contributed by atoms with Gasteiger partial charge in [-0.05, 0) is 31.2 Å². The Morgan fingerprint density at radius 3 is 2.65 bits per heavy atom. The first-order chi connectivity index (χ1) is 8.15. The predicted octanol–water partition coefficient (Wildman–Crippen LogP) is 2.23. The van der Waals surface area contributed by atoms with Crippen molar-refractivity contribution < 1.29 is 4.42 Å². The van der Waals surface area contributed by atoms with Gasteiger partial charge in [-0.3, -0.25) is 0 Å². The van der Waals surface area contributed by atoms with Crippen LogP contribution in [0.2, 0.25) is 0 Å². The van der Waals surface area contributed by atoms with Gasteiger partial charge in [-0.25, -0.2) is 4.98 Å². The molecule has 0 radical (unpaired) electrons. The number of nitrogens with zero attached hydrogens (tertiary/aromatic N) is 1. The molecule has 0 aliphatic carbocycles. The van der Waals surface area contributed by atoms with Gasteiger partial charge in [0.25, 0.3) is 0 Å². The summed E-state index contributed by atoms with van der Waals surface area (Å²) in [5.41, 5.74) is 7.35. The Morgan fingerprint density at radius 2 is 2.12 bits per heavy atom. The molecular formula is C12H13N3OS. The van der Waals surface area contributed by atoms with Gasteiger partial charge < -0.3 is 15.5 Å². The molecule has 0 aliphatic rings. The lowest BCUT2D eigenvalue weighted by atomic mass is 10.2. The van der Waals surface area contributed by atoms with E-state index in [1.165, 1.54) is 0 Å². The van der Waals surface area contributed by atoms with Gasteiger partial charge in [0.2, 0.25) is 5.89 Å². The number of nitrogens with two attached hydrogens (primary N) is 1. The number of aryl methyl sites for hydroxylation is 1. The van der Waals surface area contributed by atoms with Crippen molar-refractivity contribution in [1.82, 2.24) is 4.98 Å². The van der Waals surface area contributed by atoms with Crippen LogP contribution in [0.15, 0.2) is 34.9 Å². The number of anilines is 1. The van der Waals surface area contributed by atoms with E-state index in [1.54, 1.807) is 6.20 Å². The number of benzene rings is 1. The lowest BCUT2D eigenvalue weighted by molar-refractivity contribution is 0.479. The maximum Gasteiger partial charge on any atom is 0.213 e. The summed E-state index contributed by atoms with van der Waals surface area (Å²) in [6.45, 7) is 2.42. The molecule has 1 aromatic heterocycles. The molecule has 0 amide bonds. The summed E-state index contributed by atoms with van der Waals surface area (Å²) in [7, 11) is 0. The quantitative estimate of drug-likeness (QED) is 0.811. The van der Waals surface area contributed by atoms with Crippen molar-refractivity contribution in [2.75, 3.05) is 5.32 Å². The Bertz CT molecular complexity index is 519. The van der Waals surface area contributed by atoms with Crippen molar-refractivity contribution in [3.05, 3.63) is 47.7 Å². The zero-order chi connectivity index (χ0) is 12.3. The molecule has 2 rings (SSSR count). The number of thiocarbonyl (C=S) groups is 1. The highest BCUT2D eigenvalue weighted by atomic mass is 32.1. The van der Waals surface area contributed by atoms with Gasteiger partial charge in [0.15, 0.2) is 0 Å². The molecule has 5 heteroatoms. The first kappa shape index (κ1) is 11.6. The second-order valence-corrected chi connectivity index (χ2v) is 4.10. The molecule has 0 fully saturated rings. The van der Waals surface area contributed by atoms with Crippen LogP contribution in [0.3, 0.4) is 0 Å². The normalized spacial score (nSPS) is 10.2. The molecule has 0 spiro atoms. The Kier molecular flexibility index (Phi) is 3.39. The minimum atomic E-state index is 0.403. The van der Waals surface area contributed by atoms with Crippen LogP contribution in [0.5, 0.6) is 0 Å². The zero-order valence-electron chi connectivity index (χ0n) is 9.43. The summed E-state index contributed by atoms with van der Waals surface area (Å²) in [6, 6.07) is 7.60. The SMILES string of the molecule is Cc1cnc(CNc2ccc(C(N)=S)cc2)o1. The van der Waals surface area contributed by atoms with Gasteiger partial charge in [-0.2, -0.15) is 0 Å².